The highest BCUT2D eigenvalue weighted by Gasteiger charge is 2.29. The molecule has 2 fully saturated rings. The van der Waals surface area contributed by atoms with Crippen molar-refractivity contribution >= 4 is 28.2 Å². The Morgan fingerprint density at radius 3 is 2.50 bits per heavy atom. The molecule has 0 nitrogen and oxygen atoms in total. The Hall–Kier alpha value is -0.340. The Bertz CT molecular complexity index is 434. The second kappa shape index (κ2) is 7.09. The summed E-state index contributed by atoms with van der Waals surface area (Å²) in [5.74, 6) is 2.03. The minimum Gasteiger partial charge on any atom is -0.111 e. The fourth-order valence-electron chi connectivity index (χ4n) is 3.86. The van der Waals surface area contributed by atoms with Crippen LogP contribution in [0.2, 0.25) is 0 Å². The van der Waals surface area contributed by atoms with Gasteiger partial charge >= 0.3 is 0 Å². The van der Waals surface area contributed by atoms with Gasteiger partial charge in [-0.2, -0.15) is 0 Å². The summed E-state index contributed by atoms with van der Waals surface area (Å²) >= 11 is 7.56. The van der Waals surface area contributed by atoms with Gasteiger partial charge < -0.3 is 0 Å². The number of hydrogen-bond acceptors (Lipinski definition) is 2. The summed E-state index contributed by atoms with van der Waals surface area (Å²) in [7, 11) is 0. The average Bonchev–Trinajstić information content (AvgIpc) is 3.12. The van der Waals surface area contributed by atoms with E-state index in [9.17, 15) is 0 Å². The van der Waals surface area contributed by atoms with Gasteiger partial charge in [-0.25, -0.2) is 0 Å². The fraction of sp³-hybridized carbons (Fsp3) is 0.611. The van der Waals surface area contributed by atoms with Crippen LogP contribution in [0.3, 0.4) is 0 Å². The first kappa shape index (κ1) is 14.6. The second-order valence-corrected chi connectivity index (χ2v) is 8.44. The highest BCUT2D eigenvalue weighted by Crippen LogP contribution is 2.41. The van der Waals surface area contributed by atoms with Crippen LogP contribution >= 0.6 is 24.0 Å². The smallest absolute Gasteiger partial charge is 0.0780 e. The first-order valence-electron chi connectivity index (χ1n) is 8.07. The molecule has 3 rings (SSSR count). The Morgan fingerprint density at radius 2 is 1.75 bits per heavy atom. The fourth-order valence-corrected chi connectivity index (χ4v) is 5.60. The van der Waals surface area contributed by atoms with E-state index in [2.05, 4.69) is 30.3 Å². The lowest BCUT2D eigenvalue weighted by molar-refractivity contribution is 0.382. The van der Waals surface area contributed by atoms with Crippen molar-refractivity contribution < 1.29 is 0 Å². The average molecular weight is 305 g/mol. The van der Waals surface area contributed by atoms with E-state index < -0.39 is 0 Å². The maximum absolute atomic E-state index is 5.60. The van der Waals surface area contributed by atoms with Gasteiger partial charge in [-0.3, -0.25) is 0 Å². The second-order valence-electron chi connectivity index (χ2n) is 6.46. The van der Waals surface area contributed by atoms with Crippen LogP contribution in [-0.2, 0) is 0 Å². The number of thiocarbonyl (C=S) groups is 1. The van der Waals surface area contributed by atoms with Crippen molar-refractivity contribution in [2.75, 3.05) is 0 Å². The summed E-state index contributed by atoms with van der Waals surface area (Å²) in [5, 5.41) is 0.772. The quantitative estimate of drug-likeness (QED) is 0.640. The number of thioether (sulfide) groups is 1. The summed E-state index contributed by atoms with van der Waals surface area (Å²) in [4.78, 5) is 0. The summed E-state index contributed by atoms with van der Waals surface area (Å²) in [6.07, 6.45) is 11.7. The molecule has 1 aromatic carbocycles. The molecule has 20 heavy (non-hydrogen) atoms. The molecule has 2 saturated carbocycles. The summed E-state index contributed by atoms with van der Waals surface area (Å²) in [5.41, 5.74) is 1.23. The number of rotatable bonds is 4. The minimum absolute atomic E-state index is 0.772. The van der Waals surface area contributed by atoms with Gasteiger partial charge in [0.25, 0.3) is 0 Å². The zero-order valence-electron chi connectivity index (χ0n) is 12.1. The zero-order chi connectivity index (χ0) is 13.8. The molecule has 0 aromatic heterocycles. The molecule has 0 aliphatic heterocycles. The first-order valence-corrected chi connectivity index (χ1v) is 9.36. The molecule has 2 aliphatic rings. The highest BCUT2D eigenvalue weighted by atomic mass is 32.2. The van der Waals surface area contributed by atoms with E-state index in [1.807, 2.05) is 11.8 Å². The molecule has 2 aliphatic carbocycles. The molecule has 0 N–H and O–H groups in total. The van der Waals surface area contributed by atoms with Crippen molar-refractivity contribution in [1.29, 1.82) is 0 Å². The normalized spacial score (nSPS) is 27.0. The summed E-state index contributed by atoms with van der Waals surface area (Å²) in [6, 6.07) is 10.5. The molecule has 108 valence electrons. The molecule has 2 atom stereocenters. The van der Waals surface area contributed by atoms with E-state index in [1.54, 1.807) is 0 Å². The van der Waals surface area contributed by atoms with E-state index in [4.69, 9.17) is 12.2 Å². The third kappa shape index (κ3) is 3.85. The largest absolute Gasteiger partial charge is 0.111 e. The number of benzene rings is 1. The molecular weight excluding hydrogens is 280 g/mol. The van der Waals surface area contributed by atoms with Crippen molar-refractivity contribution in [1.82, 2.24) is 0 Å². The van der Waals surface area contributed by atoms with Gasteiger partial charge in [-0.05, 0) is 43.1 Å². The van der Waals surface area contributed by atoms with Crippen molar-refractivity contribution in [3.05, 3.63) is 35.9 Å². The number of hydrogen-bond donors (Lipinski definition) is 0. The predicted octanol–water partition coefficient (Wildman–Crippen LogP) is 5.84. The van der Waals surface area contributed by atoms with Crippen LogP contribution in [0, 0.1) is 11.8 Å². The molecule has 2 unspecified atom stereocenters. The SMILES string of the molecule is S=C(SC1CCC(CC2CCCC2)C1)c1ccccc1. The van der Waals surface area contributed by atoms with Gasteiger partial charge in [0.2, 0.25) is 0 Å². The van der Waals surface area contributed by atoms with Crippen LogP contribution in [0.5, 0.6) is 0 Å². The molecule has 1 aromatic rings. The molecule has 0 spiro atoms. The Morgan fingerprint density at radius 1 is 1.00 bits per heavy atom. The molecule has 0 heterocycles. The molecule has 0 radical (unpaired) electrons. The molecule has 2 heteroatoms. The van der Waals surface area contributed by atoms with E-state index in [-0.39, 0.29) is 0 Å². The third-order valence-electron chi connectivity index (χ3n) is 4.92. The van der Waals surface area contributed by atoms with Gasteiger partial charge in [0, 0.05) is 5.25 Å². The highest BCUT2D eigenvalue weighted by molar-refractivity contribution is 8.24. The summed E-state index contributed by atoms with van der Waals surface area (Å²) < 4.78 is 1.09. The zero-order valence-corrected chi connectivity index (χ0v) is 13.7. The minimum atomic E-state index is 0.772. The lowest BCUT2D eigenvalue weighted by Crippen LogP contribution is -2.05. The van der Waals surface area contributed by atoms with Gasteiger partial charge in [0.15, 0.2) is 0 Å². The van der Waals surface area contributed by atoms with Crippen LogP contribution < -0.4 is 0 Å². The Labute approximate surface area is 132 Å². The van der Waals surface area contributed by atoms with Crippen molar-refractivity contribution in [3.8, 4) is 0 Å². The maximum atomic E-state index is 5.60. The molecular formula is C18H24S2. The van der Waals surface area contributed by atoms with Crippen LogP contribution in [0.4, 0.5) is 0 Å². The van der Waals surface area contributed by atoms with Crippen molar-refractivity contribution in [3.63, 3.8) is 0 Å². The predicted molar refractivity (Wildman–Crippen MR) is 93.4 cm³/mol. The van der Waals surface area contributed by atoms with Gasteiger partial charge in [-0.15, -0.1) is 11.8 Å². The van der Waals surface area contributed by atoms with Gasteiger partial charge in [-0.1, -0.05) is 68.2 Å². The Balaban J connectivity index is 1.46. The van der Waals surface area contributed by atoms with E-state index >= 15 is 0 Å². The van der Waals surface area contributed by atoms with Crippen molar-refractivity contribution in [2.24, 2.45) is 11.8 Å². The van der Waals surface area contributed by atoms with Crippen molar-refractivity contribution in [2.45, 2.75) is 56.6 Å². The Kier molecular flexibility index (Phi) is 5.17. The summed E-state index contributed by atoms with van der Waals surface area (Å²) in [6.45, 7) is 0. The first-order chi connectivity index (χ1) is 9.81. The van der Waals surface area contributed by atoms with Gasteiger partial charge in [0.05, 0.1) is 4.20 Å². The van der Waals surface area contributed by atoms with E-state index in [0.717, 1.165) is 21.3 Å². The van der Waals surface area contributed by atoms with E-state index in [1.165, 1.54) is 56.9 Å². The topological polar surface area (TPSA) is 0 Å². The monoisotopic (exact) mass is 304 g/mol. The molecule has 0 saturated heterocycles. The molecule has 0 amide bonds. The van der Waals surface area contributed by atoms with Crippen LogP contribution in [0.25, 0.3) is 0 Å². The molecule has 0 bridgehead atoms. The third-order valence-corrected chi connectivity index (χ3v) is 6.65. The standard InChI is InChI=1S/C18H24S2/c19-18(16-8-2-1-3-9-16)20-17-11-10-15(13-17)12-14-6-4-5-7-14/h1-3,8-9,14-15,17H,4-7,10-13H2. The van der Waals surface area contributed by atoms with Crippen LogP contribution in [0.1, 0.15) is 56.9 Å². The lowest BCUT2D eigenvalue weighted by Gasteiger charge is -2.15. The lowest BCUT2D eigenvalue weighted by atomic mass is 9.92. The van der Waals surface area contributed by atoms with Gasteiger partial charge in [0.1, 0.15) is 0 Å². The maximum Gasteiger partial charge on any atom is 0.0780 e. The van der Waals surface area contributed by atoms with E-state index in [0.29, 0.717) is 0 Å². The van der Waals surface area contributed by atoms with Crippen LogP contribution in [-0.4, -0.2) is 9.45 Å². The van der Waals surface area contributed by atoms with Crippen LogP contribution in [0.15, 0.2) is 30.3 Å².